The molecule has 1 atom stereocenters. The molecule has 1 unspecified atom stereocenters. The van der Waals surface area contributed by atoms with E-state index in [9.17, 15) is 9.59 Å². The van der Waals surface area contributed by atoms with Gasteiger partial charge in [-0.2, -0.15) is 0 Å². The smallest absolute Gasteiger partial charge is 0.249 e. The minimum Gasteiger partial charge on any atom is -0.495 e. The lowest BCUT2D eigenvalue weighted by Crippen LogP contribution is -2.42. The molecule has 5 nitrogen and oxygen atoms in total. The highest BCUT2D eigenvalue weighted by Gasteiger charge is 2.33. The minimum atomic E-state index is -0.493. The molecule has 1 aliphatic rings. The van der Waals surface area contributed by atoms with E-state index in [4.69, 9.17) is 16.3 Å². The van der Waals surface area contributed by atoms with E-state index in [1.807, 2.05) is 26.0 Å². The highest BCUT2D eigenvalue weighted by atomic mass is 35.5. The summed E-state index contributed by atoms with van der Waals surface area (Å²) >= 11 is 6.10. The van der Waals surface area contributed by atoms with Crippen molar-refractivity contribution in [1.29, 1.82) is 0 Å². The molecular formula is C21H23ClN2O3. The number of carbonyl (C=O) groups excluding carboxylic acids is 2. The number of hydrogen-bond donors (Lipinski definition) is 1. The number of amides is 2. The van der Waals surface area contributed by atoms with Crippen LogP contribution in [-0.4, -0.2) is 31.5 Å². The van der Waals surface area contributed by atoms with Crippen LogP contribution >= 0.6 is 11.6 Å². The number of hydrogen-bond acceptors (Lipinski definition) is 3. The number of carbonyl (C=O) groups is 2. The van der Waals surface area contributed by atoms with Crippen LogP contribution in [0.1, 0.15) is 23.1 Å². The first-order valence-electron chi connectivity index (χ1n) is 8.89. The number of benzene rings is 2. The molecule has 1 heterocycles. The molecule has 3 rings (SSSR count). The average molecular weight is 387 g/mol. The molecule has 2 amide bonds. The van der Waals surface area contributed by atoms with Crippen LogP contribution in [0.3, 0.4) is 0 Å². The van der Waals surface area contributed by atoms with Gasteiger partial charge in [-0.1, -0.05) is 23.7 Å². The van der Waals surface area contributed by atoms with Crippen molar-refractivity contribution in [3.63, 3.8) is 0 Å². The van der Waals surface area contributed by atoms with E-state index < -0.39 is 6.04 Å². The number of nitrogens with one attached hydrogen (secondary N) is 1. The van der Waals surface area contributed by atoms with Crippen LogP contribution in [0.5, 0.6) is 5.75 Å². The number of anilines is 1. The van der Waals surface area contributed by atoms with Gasteiger partial charge in [0, 0.05) is 12.2 Å². The molecule has 1 fully saturated rings. The normalized spacial score (nSPS) is 16.5. The molecule has 2 aromatic carbocycles. The summed E-state index contributed by atoms with van der Waals surface area (Å²) < 4.78 is 5.11. The topological polar surface area (TPSA) is 58.6 Å². The van der Waals surface area contributed by atoms with Crippen LogP contribution in [0.2, 0.25) is 5.02 Å². The van der Waals surface area contributed by atoms with Crippen molar-refractivity contribution in [2.45, 2.75) is 32.7 Å². The molecule has 0 spiro atoms. The molecule has 6 heteroatoms. The molecule has 0 aliphatic carbocycles. The van der Waals surface area contributed by atoms with Gasteiger partial charge in [-0.3, -0.25) is 9.59 Å². The molecular weight excluding hydrogens is 364 g/mol. The Morgan fingerprint density at radius 1 is 1.22 bits per heavy atom. The zero-order chi connectivity index (χ0) is 19.6. The quantitative estimate of drug-likeness (QED) is 0.856. The van der Waals surface area contributed by atoms with Crippen LogP contribution in [0, 0.1) is 13.8 Å². The highest BCUT2D eigenvalue weighted by Crippen LogP contribution is 2.26. The summed E-state index contributed by atoms with van der Waals surface area (Å²) in [5.41, 5.74) is 3.88. The summed E-state index contributed by atoms with van der Waals surface area (Å²) in [6.07, 6.45) is 0.762. The van der Waals surface area contributed by atoms with Gasteiger partial charge >= 0.3 is 0 Å². The van der Waals surface area contributed by atoms with Gasteiger partial charge in [-0.25, -0.2) is 0 Å². The molecule has 0 bridgehead atoms. The third-order valence-electron chi connectivity index (χ3n) is 4.64. The van der Waals surface area contributed by atoms with E-state index in [0.717, 1.165) is 22.4 Å². The van der Waals surface area contributed by atoms with Gasteiger partial charge in [0.1, 0.15) is 11.8 Å². The average Bonchev–Trinajstić information content (AvgIpc) is 2.95. The molecule has 142 valence electrons. The predicted molar refractivity (Wildman–Crippen MR) is 107 cm³/mol. The first-order valence-corrected chi connectivity index (χ1v) is 9.26. The number of nitrogens with zero attached hydrogens (tertiary/aromatic N) is 1. The summed E-state index contributed by atoms with van der Waals surface area (Å²) in [4.78, 5) is 26.8. The van der Waals surface area contributed by atoms with Gasteiger partial charge < -0.3 is 15.0 Å². The lowest BCUT2D eigenvalue weighted by atomic mass is 10.1. The Morgan fingerprint density at radius 3 is 2.56 bits per heavy atom. The Morgan fingerprint density at radius 2 is 1.93 bits per heavy atom. The van der Waals surface area contributed by atoms with Gasteiger partial charge in [0.15, 0.2) is 0 Å². The first-order chi connectivity index (χ1) is 12.9. The SMILES string of the molecule is COc1ccc(CC(=O)NC2CCN(c3cc(C)cc(C)c3)C2=O)cc1Cl. The van der Waals surface area contributed by atoms with Crippen LogP contribution in [0.25, 0.3) is 0 Å². The number of methoxy groups -OCH3 is 1. The zero-order valence-corrected chi connectivity index (χ0v) is 16.5. The Bertz CT molecular complexity index is 861. The van der Waals surface area contributed by atoms with E-state index in [0.29, 0.717) is 23.7 Å². The molecule has 27 heavy (non-hydrogen) atoms. The van der Waals surface area contributed by atoms with Gasteiger partial charge in [0.2, 0.25) is 11.8 Å². The van der Waals surface area contributed by atoms with Crippen molar-refractivity contribution >= 4 is 29.1 Å². The van der Waals surface area contributed by atoms with E-state index in [-0.39, 0.29) is 18.2 Å². The maximum atomic E-state index is 12.7. The lowest BCUT2D eigenvalue weighted by molar-refractivity contribution is -0.126. The third kappa shape index (κ3) is 4.42. The summed E-state index contributed by atoms with van der Waals surface area (Å²) in [6.45, 7) is 4.62. The molecule has 2 aromatic rings. The Balaban J connectivity index is 1.63. The molecule has 1 N–H and O–H groups in total. The van der Waals surface area contributed by atoms with E-state index >= 15 is 0 Å². The molecule has 0 aromatic heterocycles. The van der Waals surface area contributed by atoms with Gasteiger partial charge in [-0.15, -0.1) is 0 Å². The molecule has 0 saturated carbocycles. The maximum absolute atomic E-state index is 12.7. The van der Waals surface area contributed by atoms with Crippen molar-refractivity contribution in [2.24, 2.45) is 0 Å². The lowest BCUT2D eigenvalue weighted by Gasteiger charge is -2.18. The summed E-state index contributed by atoms with van der Waals surface area (Å²) in [7, 11) is 1.54. The van der Waals surface area contributed by atoms with Crippen molar-refractivity contribution in [1.82, 2.24) is 5.32 Å². The standard InChI is InChI=1S/C21H23ClN2O3/c1-13-8-14(2)10-16(9-13)24-7-6-18(21(24)26)23-20(25)12-15-4-5-19(27-3)17(22)11-15/h4-5,8-11,18H,6-7,12H2,1-3H3,(H,23,25). The fraction of sp³-hybridized carbons (Fsp3) is 0.333. The van der Waals surface area contributed by atoms with E-state index in [2.05, 4.69) is 11.4 Å². The van der Waals surface area contributed by atoms with Gasteiger partial charge in [-0.05, 0) is 61.2 Å². The number of rotatable bonds is 5. The summed E-state index contributed by atoms with van der Waals surface area (Å²) in [5.74, 6) is 0.300. The van der Waals surface area contributed by atoms with Crippen LogP contribution < -0.4 is 15.0 Å². The van der Waals surface area contributed by atoms with Crippen molar-refractivity contribution in [2.75, 3.05) is 18.6 Å². The second kappa shape index (κ2) is 8.01. The monoisotopic (exact) mass is 386 g/mol. The third-order valence-corrected chi connectivity index (χ3v) is 4.94. The Labute approximate surface area is 164 Å². The summed E-state index contributed by atoms with van der Waals surface area (Å²) in [5, 5.41) is 3.31. The number of halogens is 1. The largest absolute Gasteiger partial charge is 0.495 e. The maximum Gasteiger partial charge on any atom is 0.249 e. The fourth-order valence-electron chi connectivity index (χ4n) is 3.43. The molecule has 0 radical (unpaired) electrons. The van der Waals surface area contributed by atoms with Gasteiger partial charge in [0.25, 0.3) is 0 Å². The number of ether oxygens (including phenoxy) is 1. The summed E-state index contributed by atoms with van der Waals surface area (Å²) in [6, 6.07) is 10.8. The van der Waals surface area contributed by atoms with Crippen molar-refractivity contribution < 1.29 is 14.3 Å². The number of aryl methyl sites for hydroxylation is 2. The van der Waals surface area contributed by atoms with E-state index in [1.54, 1.807) is 30.2 Å². The van der Waals surface area contributed by atoms with Crippen LogP contribution in [-0.2, 0) is 16.0 Å². The second-order valence-corrected chi connectivity index (χ2v) is 7.30. The van der Waals surface area contributed by atoms with Crippen LogP contribution in [0.15, 0.2) is 36.4 Å². The van der Waals surface area contributed by atoms with Crippen molar-refractivity contribution in [3.8, 4) is 5.75 Å². The first kappa shape index (κ1) is 19.2. The second-order valence-electron chi connectivity index (χ2n) is 6.89. The molecule has 1 aliphatic heterocycles. The molecule has 1 saturated heterocycles. The zero-order valence-electron chi connectivity index (χ0n) is 15.7. The minimum absolute atomic E-state index is 0.0684. The highest BCUT2D eigenvalue weighted by molar-refractivity contribution is 6.32. The van der Waals surface area contributed by atoms with Crippen LogP contribution in [0.4, 0.5) is 5.69 Å². The van der Waals surface area contributed by atoms with Gasteiger partial charge in [0.05, 0.1) is 18.6 Å². The predicted octanol–water partition coefficient (Wildman–Crippen LogP) is 3.43. The fourth-order valence-corrected chi connectivity index (χ4v) is 3.71. The van der Waals surface area contributed by atoms with Crippen molar-refractivity contribution in [3.05, 3.63) is 58.1 Å². The Kier molecular flexibility index (Phi) is 5.71. The van der Waals surface area contributed by atoms with E-state index in [1.165, 1.54) is 0 Å². The Hall–Kier alpha value is -2.53.